The second kappa shape index (κ2) is 8.63. The van der Waals surface area contributed by atoms with Crippen LogP contribution in [0, 0.1) is 6.92 Å². The molecule has 13 heteroatoms. The topological polar surface area (TPSA) is 105 Å². The number of nitrogens with one attached hydrogen (secondary N) is 1. The molecule has 2 aromatic heterocycles. The van der Waals surface area contributed by atoms with E-state index in [0.29, 0.717) is 34.4 Å². The zero-order chi connectivity index (χ0) is 21.2. The first kappa shape index (κ1) is 21.5. The Morgan fingerprint density at radius 3 is 2.83 bits per heavy atom. The molecule has 0 saturated carbocycles. The molecule has 1 saturated heterocycles. The van der Waals surface area contributed by atoms with Gasteiger partial charge in [0.1, 0.15) is 11.0 Å². The van der Waals surface area contributed by atoms with Crippen molar-refractivity contribution in [3.63, 3.8) is 0 Å². The maximum Gasteiger partial charge on any atom is 0.422 e. The van der Waals surface area contributed by atoms with E-state index in [-0.39, 0.29) is 13.2 Å². The number of carbonyl (C=O) groups excluding carboxylic acids is 2. The van der Waals surface area contributed by atoms with Gasteiger partial charge in [-0.1, -0.05) is 0 Å². The number of rotatable bonds is 5. The SMILES string of the molecule is Cc1nc(CO)sc1-c1csc(NC(=O)C2CCCN2C(=O)OCC(F)(F)F)n1. The quantitative estimate of drug-likeness (QED) is 0.725. The van der Waals surface area contributed by atoms with Crippen LogP contribution < -0.4 is 5.32 Å². The van der Waals surface area contributed by atoms with Gasteiger partial charge in [-0.25, -0.2) is 14.8 Å². The van der Waals surface area contributed by atoms with Crippen LogP contribution in [0.3, 0.4) is 0 Å². The summed E-state index contributed by atoms with van der Waals surface area (Å²) in [5.41, 5.74) is 1.30. The lowest BCUT2D eigenvalue weighted by Crippen LogP contribution is -2.44. The molecule has 0 radical (unpaired) electrons. The number of likely N-dealkylation sites (tertiary alicyclic amines) is 1. The molecule has 2 amide bonds. The van der Waals surface area contributed by atoms with E-state index in [2.05, 4.69) is 20.0 Å². The highest BCUT2D eigenvalue weighted by Gasteiger charge is 2.37. The fourth-order valence-electron chi connectivity index (χ4n) is 2.87. The molecular weight excluding hydrogens is 433 g/mol. The van der Waals surface area contributed by atoms with Gasteiger partial charge < -0.3 is 15.2 Å². The summed E-state index contributed by atoms with van der Waals surface area (Å²) in [6.45, 7) is 0.0468. The third-order valence-electron chi connectivity index (χ3n) is 4.09. The molecule has 8 nitrogen and oxygen atoms in total. The molecule has 3 rings (SSSR count). The highest BCUT2D eigenvalue weighted by molar-refractivity contribution is 7.17. The van der Waals surface area contributed by atoms with Gasteiger partial charge in [-0.15, -0.1) is 22.7 Å². The number of anilines is 1. The van der Waals surface area contributed by atoms with E-state index in [0.717, 1.165) is 9.78 Å². The lowest BCUT2D eigenvalue weighted by atomic mass is 10.2. The van der Waals surface area contributed by atoms with E-state index in [1.807, 2.05) is 0 Å². The largest absolute Gasteiger partial charge is 0.440 e. The van der Waals surface area contributed by atoms with Crippen molar-refractivity contribution in [3.05, 3.63) is 16.1 Å². The first-order chi connectivity index (χ1) is 13.7. The van der Waals surface area contributed by atoms with Crippen molar-refractivity contribution < 1.29 is 32.6 Å². The molecule has 1 aliphatic rings. The molecule has 2 aromatic rings. The third kappa shape index (κ3) is 5.22. The number of alkyl halides is 3. The molecule has 1 unspecified atom stereocenters. The van der Waals surface area contributed by atoms with Gasteiger partial charge in [-0.2, -0.15) is 13.2 Å². The van der Waals surface area contributed by atoms with Crippen LogP contribution in [-0.4, -0.2) is 57.3 Å². The first-order valence-corrected chi connectivity index (χ1v) is 10.2. The van der Waals surface area contributed by atoms with Crippen molar-refractivity contribution in [1.29, 1.82) is 0 Å². The van der Waals surface area contributed by atoms with Gasteiger partial charge in [0.05, 0.1) is 22.9 Å². The Balaban J connectivity index is 1.64. The second-order valence-electron chi connectivity index (χ2n) is 6.23. The number of carbonyl (C=O) groups is 2. The number of thiazole rings is 2. The number of hydrogen-bond acceptors (Lipinski definition) is 8. The summed E-state index contributed by atoms with van der Waals surface area (Å²) in [6, 6.07) is -0.922. The van der Waals surface area contributed by atoms with Crippen molar-refractivity contribution in [2.45, 2.75) is 38.6 Å². The van der Waals surface area contributed by atoms with Crippen LogP contribution in [0.2, 0.25) is 0 Å². The van der Waals surface area contributed by atoms with Crippen LogP contribution in [0.5, 0.6) is 0 Å². The van der Waals surface area contributed by atoms with Gasteiger partial charge in [0.25, 0.3) is 0 Å². The average Bonchev–Trinajstić information content (AvgIpc) is 3.37. The number of halogens is 3. The van der Waals surface area contributed by atoms with Crippen LogP contribution in [0.1, 0.15) is 23.5 Å². The van der Waals surface area contributed by atoms with E-state index in [1.54, 1.807) is 12.3 Å². The molecule has 0 aliphatic carbocycles. The molecule has 0 bridgehead atoms. The standard InChI is InChI=1S/C16H17F3N4O4S2/c1-8-12(29-11(5-24)20-8)9-6-28-14(21-9)22-13(25)10-3-2-4-23(10)15(26)27-7-16(17,18)19/h6,10,24H,2-5,7H2,1H3,(H,21,22,25). The fraction of sp³-hybridized carbons (Fsp3) is 0.500. The molecule has 158 valence electrons. The summed E-state index contributed by atoms with van der Waals surface area (Å²) < 4.78 is 41.0. The van der Waals surface area contributed by atoms with Gasteiger partial charge in [0, 0.05) is 11.9 Å². The Labute approximate surface area is 171 Å². The summed E-state index contributed by atoms with van der Waals surface area (Å²) in [7, 11) is 0. The van der Waals surface area contributed by atoms with Crippen LogP contribution in [0.25, 0.3) is 10.6 Å². The molecule has 0 aromatic carbocycles. The smallest absolute Gasteiger partial charge is 0.422 e. The highest BCUT2D eigenvalue weighted by atomic mass is 32.1. The maximum atomic E-state index is 12.5. The summed E-state index contributed by atoms with van der Waals surface area (Å²) in [4.78, 5) is 34.7. The van der Waals surface area contributed by atoms with Crippen molar-refractivity contribution in [1.82, 2.24) is 14.9 Å². The molecular formula is C16H17F3N4O4S2. The predicted octanol–water partition coefficient (Wildman–Crippen LogP) is 3.17. The summed E-state index contributed by atoms with van der Waals surface area (Å²) >= 11 is 2.46. The highest BCUT2D eigenvalue weighted by Crippen LogP contribution is 2.32. The average molecular weight is 450 g/mol. The van der Waals surface area contributed by atoms with E-state index in [1.165, 1.54) is 22.7 Å². The summed E-state index contributed by atoms with van der Waals surface area (Å²) in [5, 5.41) is 14.4. The van der Waals surface area contributed by atoms with Crippen LogP contribution in [0.15, 0.2) is 5.38 Å². The molecule has 3 heterocycles. The van der Waals surface area contributed by atoms with Gasteiger partial charge >= 0.3 is 12.3 Å². The lowest BCUT2D eigenvalue weighted by molar-refractivity contribution is -0.162. The van der Waals surface area contributed by atoms with Crippen LogP contribution >= 0.6 is 22.7 Å². The minimum Gasteiger partial charge on any atom is -0.440 e. The van der Waals surface area contributed by atoms with E-state index in [4.69, 9.17) is 0 Å². The molecule has 29 heavy (non-hydrogen) atoms. The summed E-state index contributed by atoms with van der Waals surface area (Å²) in [6.07, 6.45) is -5.00. The van der Waals surface area contributed by atoms with Crippen molar-refractivity contribution in [2.24, 2.45) is 0 Å². The number of aliphatic hydroxyl groups excluding tert-OH is 1. The Kier molecular flexibility index (Phi) is 6.39. The molecule has 1 aliphatic heterocycles. The van der Waals surface area contributed by atoms with Crippen molar-refractivity contribution in [3.8, 4) is 10.6 Å². The van der Waals surface area contributed by atoms with Gasteiger partial charge in [-0.3, -0.25) is 9.69 Å². The van der Waals surface area contributed by atoms with Crippen LogP contribution in [0.4, 0.5) is 23.1 Å². The van der Waals surface area contributed by atoms with Crippen molar-refractivity contribution in [2.75, 3.05) is 18.5 Å². The Bertz CT molecular complexity index is 899. The Morgan fingerprint density at radius 2 is 2.17 bits per heavy atom. The van der Waals surface area contributed by atoms with E-state index < -0.39 is 30.8 Å². The van der Waals surface area contributed by atoms with Gasteiger partial charge in [0.2, 0.25) is 5.91 Å². The number of aryl methyl sites for hydroxylation is 1. The lowest BCUT2D eigenvalue weighted by Gasteiger charge is -2.23. The number of aromatic nitrogens is 2. The molecule has 1 atom stereocenters. The Hall–Kier alpha value is -2.25. The zero-order valence-electron chi connectivity index (χ0n) is 15.2. The zero-order valence-corrected chi connectivity index (χ0v) is 16.8. The number of hydrogen-bond donors (Lipinski definition) is 2. The van der Waals surface area contributed by atoms with E-state index >= 15 is 0 Å². The third-order valence-corrected chi connectivity index (χ3v) is 6.01. The van der Waals surface area contributed by atoms with Crippen LogP contribution in [-0.2, 0) is 16.1 Å². The minimum absolute atomic E-state index is 0.141. The molecule has 1 fully saturated rings. The first-order valence-electron chi connectivity index (χ1n) is 8.52. The minimum atomic E-state index is -4.63. The van der Waals surface area contributed by atoms with Gasteiger partial charge in [-0.05, 0) is 19.8 Å². The molecule has 2 N–H and O–H groups in total. The number of aliphatic hydroxyl groups is 1. The van der Waals surface area contributed by atoms with E-state index in [9.17, 15) is 27.9 Å². The monoisotopic (exact) mass is 450 g/mol. The maximum absolute atomic E-state index is 12.5. The predicted molar refractivity (Wildman–Crippen MR) is 99.6 cm³/mol. The number of amides is 2. The second-order valence-corrected chi connectivity index (χ2v) is 8.17. The number of ether oxygens (including phenoxy) is 1. The fourth-order valence-corrected chi connectivity index (χ4v) is 4.53. The van der Waals surface area contributed by atoms with Crippen molar-refractivity contribution >= 4 is 39.8 Å². The Morgan fingerprint density at radius 1 is 1.41 bits per heavy atom. The summed E-state index contributed by atoms with van der Waals surface area (Å²) in [5.74, 6) is -0.538. The normalized spacial score (nSPS) is 16.9. The number of nitrogens with zero attached hydrogens (tertiary/aromatic N) is 3. The molecule has 0 spiro atoms. The van der Waals surface area contributed by atoms with Gasteiger partial charge in [0.15, 0.2) is 11.7 Å².